The van der Waals surface area contributed by atoms with Crippen LogP contribution in [0.3, 0.4) is 0 Å². The highest BCUT2D eigenvalue weighted by Gasteiger charge is 2.16. The van der Waals surface area contributed by atoms with Crippen LogP contribution >= 0.6 is 0 Å². The Bertz CT molecular complexity index is 1390. The van der Waals surface area contributed by atoms with Gasteiger partial charge in [-0.25, -0.2) is 5.43 Å². The summed E-state index contributed by atoms with van der Waals surface area (Å²) in [4.78, 5) is 36.5. The van der Waals surface area contributed by atoms with Crippen LogP contribution in [0.25, 0.3) is 0 Å². The van der Waals surface area contributed by atoms with E-state index in [1.54, 1.807) is 42.5 Å². The van der Waals surface area contributed by atoms with Crippen LogP contribution in [0.1, 0.15) is 23.6 Å². The number of hydrazone groups is 1. The monoisotopic (exact) mass is 532 g/mol. The molecule has 3 aromatic carbocycles. The van der Waals surface area contributed by atoms with E-state index in [0.29, 0.717) is 40.9 Å². The summed E-state index contributed by atoms with van der Waals surface area (Å²) in [6.45, 7) is 4.20. The zero-order chi connectivity index (χ0) is 27.6. The van der Waals surface area contributed by atoms with Crippen molar-refractivity contribution in [3.63, 3.8) is 0 Å². The molecule has 1 aliphatic rings. The quantitative estimate of drug-likeness (QED) is 0.207. The smallest absolute Gasteiger partial charge is 0.329 e. The number of ether oxygens (including phenoxy) is 4. The third-order valence-corrected chi connectivity index (χ3v) is 5.40. The van der Waals surface area contributed by atoms with Gasteiger partial charge in [-0.3, -0.25) is 14.4 Å². The molecule has 0 aromatic heterocycles. The minimum Gasteiger partial charge on any atom is -0.490 e. The highest BCUT2D eigenvalue weighted by Crippen LogP contribution is 2.32. The Morgan fingerprint density at radius 2 is 1.79 bits per heavy atom. The van der Waals surface area contributed by atoms with Gasteiger partial charge in [0.05, 0.1) is 12.8 Å². The summed E-state index contributed by atoms with van der Waals surface area (Å²) in [7, 11) is 0. The topological polar surface area (TPSA) is 137 Å². The molecule has 0 saturated heterocycles. The first-order valence-electron chi connectivity index (χ1n) is 12.2. The Labute approximate surface area is 225 Å². The summed E-state index contributed by atoms with van der Waals surface area (Å²) in [5.74, 6) is -0.0766. The summed E-state index contributed by atoms with van der Waals surface area (Å²) >= 11 is 0. The van der Waals surface area contributed by atoms with Gasteiger partial charge >= 0.3 is 11.8 Å². The van der Waals surface area contributed by atoms with E-state index in [9.17, 15) is 14.4 Å². The number of nitrogens with zero attached hydrogens (tertiary/aromatic N) is 1. The molecule has 39 heavy (non-hydrogen) atoms. The normalized spacial score (nSPS) is 11.6. The first kappa shape index (κ1) is 27.0. The number of fused-ring (bicyclic) bond motifs is 1. The van der Waals surface area contributed by atoms with Gasteiger partial charge in [0.1, 0.15) is 0 Å². The van der Waals surface area contributed by atoms with E-state index in [2.05, 4.69) is 21.2 Å². The molecule has 1 heterocycles. The van der Waals surface area contributed by atoms with Gasteiger partial charge in [0.15, 0.2) is 29.6 Å². The maximum absolute atomic E-state index is 12.3. The van der Waals surface area contributed by atoms with Crippen LogP contribution in [0.2, 0.25) is 0 Å². The Balaban J connectivity index is 1.27. The van der Waals surface area contributed by atoms with Gasteiger partial charge < -0.3 is 29.6 Å². The number of aryl methyl sites for hydroxylation is 1. The number of carbonyl (C=O) groups excluding carboxylic acids is 3. The molecule has 3 aromatic rings. The van der Waals surface area contributed by atoms with Crippen molar-refractivity contribution in [1.29, 1.82) is 0 Å². The van der Waals surface area contributed by atoms with Gasteiger partial charge in [0.25, 0.3) is 5.91 Å². The third kappa shape index (κ3) is 7.71. The minimum atomic E-state index is -0.920. The Kier molecular flexibility index (Phi) is 8.96. The molecule has 1 aliphatic heterocycles. The number of hydrogen-bond donors (Lipinski definition) is 3. The average molecular weight is 533 g/mol. The molecule has 3 N–H and O–H groups in total. The van der Waals surface area contributed by atoms with Crippen molar-refractivity contribution in [2.24, 2.45) is 5.10 Å². The van der Waals surface area contributed by atoms with E-state index < -0.39 is 11.8 Å². The van der Waals surface area contributed by atoms with Crippen LogP contribution in [0.5, 0.6) is 23.0 Å². The number of amides is 3. The van der Waals surface area contributed by atoms with Gasteiger partial charge in [-0.2, -0.15) is 5.10 Å². The number of nitrogens with one attached hydrogen (secondary N) is 3. The highest BCUT2D eigenvalue weighted by molar-refractivity contribution is 6.35. The van der Waals surface area contributed by atoms with Gasteiger partial charge in [-0.05, 0) is 73.0 Å². The molecule has 0 aliphatic carbocycles. The van der Waals surface area contributed by atoms with Crippen LogP contribution in [-0.2, 0) is 20.9 Å². The first-order valence-corrected chi connectivity index (χ1v) is 12.2. The number of hydrogen-bond acceptors (Lipinski definition) is 8. The lowest BCUT2D eigenvalue weighted by atomic mass is 10.2. The summed E-state index contributed by atoms with van der Waals surface area (Å²) in [6, 6.07) is 17.6. The fourth-order valence-electron chi connectivity index (χ4n) is 3.59. The molecule has 0 unspecified atom stereocenters. The molecule has 0 fully saturated rings. The van der Waals surface area contributed by atoms with Crippen molar-refractivity contribution >= 4 is 29.6 Å². The Morgan fingerprint density at radius 3 is 2.62 bits per heavy atom. The lowest BCUT2D eigenvalue weighted by Gasteiger charge is -2.13. The van der Waals surface area contributed by atoms with Crippen LogP contribution in [0.4, 0.5) is 5.69 Å². The molecule has 11 nitrogen and oxygen atoms in total. The number of anilines is 1. The van der Waals surface area contributed by atoms with Gasteiger partial charge in [0.2, 0.25) is 6.79 Å². The third-order valence-electron chi connectivity index (χ3n) is 5.40. The fourth-order valence-corrected chi connectivity index (χ4v) is 3.59. The second kappa shape index (κ2) is 13.0. The van der Waals surface area contributed by atoms with Crippen LogP contribution < -0.4 is 35.0 Å². The van der Waals surface area contributed by atoms with Crippen molar-refractivity contribution in [1.82, 2.24) is 10.7 Å². The van der Waals surface area contributed by atoms with Crippen LogP contribution in [0.15, 0.2) is 65.8 Å². The molecule has 0 saturated carbocycles. The van der Waals surface area contributed by atoms with Crippen molar-refractivity contribution in [2.75, 3.05) is 25.3 Å². The maximum Gasteiger partial charge on any atom is 0.329 e. The van der Waals surface area contributed by atoms with E-state index in [-0.39, 0.29) is 25.9 Å². The molecule has 0 spiro atoms. The van der Waals surface area contributed by atoms with Gasteiger partial charge in [0, 0.05) is 12.2 Å². The summed E-state index contributed by atoms with van der Waals surface area (Å²) in [6.07, 6.45) is 1.36. The molecular weight excluding hydrogens is 504 g/mol. The Morgan fingerprint density at radius 1 is 0.949 bits per heavy atom. The van der Waals surface area contributed by atoms with E-state index >= 15 is 0 Å². The zero-order valence-electron chi connectivity index (χ0n) is 21.5. The van der Waals surface area contributed by atoms with E-state index in [1.807, 2.05) is 32.0 Å². The lowest BCUT2D eigenvalue weighted by molar-refractivity contribution is -0.139. The maximum atomic E-state index is 12.3. The first-order chi connectivity index (χ1) is 18.9. The molecule has 11 heteroatoms. The standard InChI is InChI=1S/C28H28N4O7/c1-3-36-24-13-20(8-9-22(24)37-16-26(33)31-21-6-4-5-18(2)11-21)15-30-32-28(35)27(34)29-14-19-7-10-23-25(12-19)39-17-38-23/h4-13,15H,3,14,16-17H2,1-2H3,(H,29,34)(H,31,33)(H,32,35)/b30-15-. The summed E-state index contributed by atoms with van der Waals surface area (Å²) in [5.41, 5.74) is 5.24. The molecule has 0 radical (unpaired) electrons. The highest BCUT2D eigenvalue weighted by atomic mass is 16.7. The fraction of sp³-hybridized carbons (Fsp3) is 0.214. The summed E-state index contributed by atoms with van der Waals surface area (Å²) < 4.78 is 21.8. The number of rotatable bonds is 10. The summed E-state index contributed by atoms with van der Waals surface area (Å²) in [5, 5.41) is 9.15. The second-order valence-electron chi connectivity index (χ2n) is 8.41. The van der Waals surface area contributed by atoms with Crippen molar-refractivity contribution in [2.45, 2.75) is 20.4 Å². The predicted molar refractivity (Wildman–Crippen MR) is 143 cm³/mol. The van der Waals surface area contributed by atoms with Crippen molar-refractivity contribution in [3.8, 4) is 23.0 Å². The Hall–Kier alpha value is -5.06. The van der Waals surface area contributed by atoms with Gasteiger partial charge in [-0.1, -0.05) is 18.2 Å². The molecule has 3 amide bonds. The molecule has 4 rings (SSSR count). The van der Waals surface area contributed by atoms with E-state index in [1.165, 1.54) is 6.21 Å². The minimum absolute atomic E-state index is 0.134. The zero-order valence-corrected chi connectivity index (χ0v) is 21.5. The van der Waals surface area contributed by atoms with Crippen LogP contribution in [-0.4, -0.2) is 43.9 Å². The predicted octanol–water partition coefficient (Wildman–Crippen LogP) is 2.91. The molecule has 0 bridgehead atoms. The van der Waals surface area contributed by atoms with Crippen molar-refractivity contribution < 1.29 is 33.3 Å². The van der Waals surface area contributed by atoms with E-state index in [4.69, 9.17) is 18.9 Å². The van der Waals surface area contributed by atoms with Gasteiger partial charge in [-0.15, -0.1) is 0 Å². The average Bonchev–Trinajstić information content (AvgIpc) is 3.39. The van der Waals surface area contributed by atoms with Crippen molar-refractivity contribution in [3.05, 3.63) is 77.4 Å². The molecule has 0 atom stereocenters. The van der Waals surface area contributed by atoms with Crippen LogP contribution in [0, 0.1) is 6.92 Å². The largest absolute Gasteiger partial charge is 0.490 e. The number of carbonyl (C=O) groups is 3. The van der Waals surface area contributed by atoms with E-state index in [0.717, 1.165) is 11.1 Å². The molecule has 202 valence electrons. The SMILES string of the molecule is CCOc1cc(/C=N\NC(=O)C(=O)NCc2ccc3c(c2)OCO3)ccc1OCC(=O)Nc1cccc(C)c1. The lowest BCUT2D eigenvalue weighted by Crippen LogP contribution is -2.37. The second-order valence-corrected chi connectivity index (χ2v) is 8.41. The molecular formula is C28H28N4O7. The number of benzene rings is 3.